The third-order valence-corrected chi connectivity index (χ3v) is 8.27. The lowest BCUT2D eigenvalue weighted by atomic mass is 10.1. The number of hydrogen-bond acceptors (Lipinski definition) is 5. The molecule has 0 spiro atoms. The Morgan fingerprint density at radius 3 is 2.23 bits per heavy atom. The van der Waals surface area contributed by atoms with E-state index >= 15 is 0 Å². The average Bonchev–Trinajstić information content (AvgIpc) is 2.73. The summed E-state index contributed by atoms with van der Waals surface area (Å²) in [6.45, 7) is 1.37. The van der Waals surface area contributed by atoms with E-state index in [0.717, 1.165) is 34.6 Å². The molecule has 1 aliphatic rings. The Labute approximate surface area is 179 Å². The van der Waals surface area contributed by atoms with Gasteiger partial charge in [-0.15, -0.1) is 0 Å². The zero-order valence-corrected chi connectivity index (χ0v) is 18.2. The van der Waals surface area contributed by atoms with Crippen molar-refractivity contribution in [3.05, 3.63) is 59.7 Å². The highest BCUT2D eigenvalue weighted by molar-refractivity contribution is 7.89. The molecule has 1 saturated heterocycles. The minimum Gasteiger partial charge on any atom is -0.336 e. The molecule has 0 atom stereocenters. The van der Waals surface area contributed by atoms with Gasteiger partial charge in [0.2, 0.25) is 20.0 Å². The van der Waals surface area contributed by atoms with Crippen LogP contribution in [0.3, 0.4) is 0 Å². The van der Waals surface area contributed by atoms with E-state index in [4.69, 9.17) is 0 Å². The number of sulfonamides is 2. The molecule has 1 heterocycles. The predicted molar refractivity (Wildman–Crippen MR) is 108 cm³/mol. The van der Waals surface area contributed by atoms with Crippen LogP contribution in [0.5, 0.6) is 0 Å². The molecule has 168 valence electrons. The lowest BCUT2D eigenvalue weighted by Crippen LogP contribution is -2.50. The van der Waals surface area contributed by atoms with Crippen molar-refractivity contribution in [3.8, 4) is 0 Å². The summed E-state index contributed by atoms with van der Waals surface area (Å²) in [7, 11) is -7.98. The van der Waals surface area contributed by atoms with E-state index in [1.54, 1.807) is 6.92 Å². The molecular formula is C19H21F2N3O5S2. The smallest absolute Gasteiger partial charge is 0.256 e. The van der Waals surface area contributed by atoms with Crippen LogP contribution in [0, 0.1) is 11.6 Å². The highest BCUT2D eigenvalue weighted by Gasteiger charge is 2.33. The van der Waals surface area contributed by atoms with Gasteiger partial charge >= 0.3 is 0 Å². The molecule has 0 unspecified atom stereocenters. The Hall–Kier alpha value is -2.41. The van der Waals surface area contributed by atoms with E-state index < -0.39 is 48.0 Å². The van der Waals surface area contributed by atoms with Crippen LogP contribution in [0.15, 0.2) is 52.3 Å². The summed E-state index contributed by atoms with van der Waals surface area (Å²) < 4.78 is 81.2. The van der Waals surface area contributed by atoms with Crippen molar-refractivity contribution >= 4 is 26.0 Å². The number of rotatable bonds is 6. The molecule has 2 aromatic rings. The van der Waals surface area contributed by atoms with Crippen LogP contribution in [-0.2, 0) is 20.0 Å². The minimum atomic E-state index is -4.09. The molecule has 8 nitrogen and oxygen atoms in total. The molecule has 0 radical (unpaired) electrons. The first kappa shape index (κ1) is 23.3. The molecule has 0 bridgehead atoms. The molecule has 0 aliphatic carbocycles. The van der Waals surface area contributed by atoms with E-state index in [-0.39, 0.29) is 37.6 Å². The Morgan fingerprint density at radius 1 is 0.968 bits per heavy atom. The van der Waals surface area contributed by atoms with E-state index in [2.05, 4.69) is 4.72 Å². The number of carbonyl (C=O) groups is 1. The summed E-state index contributed by atoms with van der Waals surface area (Å²) >= 11 is 0. The number of benzene rings is 2. The summed E-state index contributed by atoms with van der Waals surface area (Å²) in [5.74, 6) is -2.52. The Morgan fingerprint density at radius 2 is 1.61 bits per heavy atom. The van der Waals surface area contributed by atoms with Crippen molar-refractivity contribution in [2.24, 2.45) is 0 Å². The lowest BCUT2D eigenvalue weighted by molar-refractivity contribution is 0.0692. The molecular weight excluding hydrogens is 452 g/mol. The largest absolute Gasteiger partial charge is 0.336 e. The number of amides is 1. The maximum Gasteiger partial charge on any atom is 0.256 e. The highest BCUT2D eigenvalue weighted by Crippen LogP contribution is 2.22. The fourth-order valence-electron chi connectivity index (χ4n) is 3.20. The van der Waals surface area contributed by atoms with Crippen LogP contribution in [-0.4, -0.2) is 64.7 Å². The van der Waals surface area contributed by atoms with Gasteiger partial charge in [0.15, 0.2) is 0 Å². The van der Waals surface area contributed by atoms with E-state index in [0.29, 0.717) is 0 Å². The second-order valence-corrected chi connectivity index (χ2v) is 10.4. The molecule has 1 aliphatic heterocycles. The van der Waals surface area contributed by atoms with Gasteiger partial charge in [0.1, 0.15) is 16.5 Å². The van der Waals surface area contributed by atoms with Gasteiger partial charge in [0, 0.05) is 32.7 Å². The van der Waals surface area contributed by atoms with Crippen molar-refractivity contribution in [2.75, 3.05) is 32.7 Å². The molecule has 3 rings (SSSR count). The third kappa shape index (κ3) is 4.76. The maximum absolute atomic E-state index is 14.3. The summed E-state index contributed by atoms with van der Waals surface area (Å²) in [4.78, 5) is 13.3. The predicted octanol–water partition coefficient (Wildman–Crippen LogP) is 1.41. The number of nitrogens with one attached hydrogen (secondary N) is 1. The highest BCUT2D eigenvalue weighted by atomic mass is 32.2. The summed E-state index contributed by atoms with van der Waals surface area (Å²) in [5, 5.41) is 0. The van der Waals surface area contributed by atoms with Crippen molar-refractivity contribution in [3.63, 3.8) is 0 Å². The van der Waals surface area contributed by atoms with Gasteiger partial charge in [0.05, 0.1) is 10.5 Å². The van der Waals surface area contributed by atoms with Crippen LogP contribution in [0.4, 0.5) is 8.78 Å². The Bertz CT molecular complexity index is 1190. The van der Waals surface area contributed by atoms with Gasteiger partial charge < -0.3 is 4.90 Å². The quantitative estimate of drug-likeness (QED) is 0.683. The van der Waals surface area contributed by atoms with Crippen molar-refractivity contribution in [1.82, 2.24) is 13.9 Å². The monoisotopic (exact) mass is 473 g/mol. The van der Waals surface area contributed by atoms with Crippen LogP contribution < -0.4 is 4.72 Å². The van der Waals surface area contributed by atoms with Crippen LogP contribution in [0.25, 0.3) is 0 Å². The first-order valence-electron chi connectivity index (χ1n) is 9.41. The number of piperazine rings is 1. The van der Waals surface area contributed by atoms with Gasteiger partial charge in [-0.3, -0.25) is 4.79 Å². The molecule has 0 saturated carbocycles. The fraction of sp³-hybridized carbons (Fsp3) is 0.316. The lowest BCUT2D eigenvalue weighted by Gasteiger charge is -2.34. The topological polar surface area (TPSA) is 104 Å². The van der Waals surface area contributed by atoms with E-state index in [1.165, 1.54) is 17.0 Å². The van der Waals surface area contributed by atoms with Crippen LogP contribution in [0.2, 0.25) is 0 Å². The van der Waals surface area contributed by atoms with Gasteiger partial charge in [-0.2, -0.15) is 4.31 Å². The van der Waals surface area contributed by atoms with Gasteiger partial charge in [-0.25, -0.2) is 30.3 Å². The first-order chi connectivity index (χ1) is 14.6. The molecule has 2 aromatic carbocycles. The average molecular weight is 474 g/mol. The molecule has 1 fully saturated rings. The molecule has 1 N–H and O–H groups in total. The summed E-state index contributed by atoms with van der Waals surface area (Å²) in [5.41, 5.74) is -0.426. The van der Waals surface area contributed by atoms with Crippen LogP contribution in [0.1, 0.15) is 17.3 Å². The van der Waals surface area contributed by atoms with Gasteiger partial charge in [0.25, 0.3) is 5.91 Å². The number of hydrogen-bond donors (Lipinski definition) is 1. The van der Waals surface area contributed by atoms with Gasteiger partial charge in [-0.1, -0.05) is 19.1 Å². The third-order valence-electron chi connectivity index (χ3n) is 4.79. The first-order valence-corrected chi connectivity index (χ1v) is 12.3. The number of nitrogens with zero attached hydrogens (tertiary/aromatic N) is 2. The summed E-state index contributed by atoms with van der Waals surface area (Å²) in [6, 6.07) is 7.91. The minimum absolute atomic E-state index is 0.0594. The summed E-state index contributed by atoms with van der Waals surface area (Å²) in [6.07, 6.45) is 0. The normalized spacial score (nSPS) is 15.8. The zero-order chi connectivity index (χ0) is 22.8. The molecule has 31 heavy (non-hydrogen) atoms. The number of halogens is 2. The van der Waals surface area contributed by atoms with Gasteiger partial charge in [-0.05, 0) is 30.3 Å². The molecule has 1 amide bonds. The SMILES string of the molecule is CCNS(=O)(=O)c1ccc(F)c(C(=O)N2CCN(S(=O)(=O)c3ccccc3F)CC2)c1. The molecule has 12 heteroatoms. The zero-order valence-electron chi connectivity index (χ0n) is 16.6. The maximum atomic E-state index is 14.3. The van der Waals surface area contributed by atoms with E-state index in [9.17, 15) is 30.4 Å². The van der Waals surface area contributed by atoms with Crippen molar-refractivity contribution in [2.45, 2.75) is 16.7 Å². The van der Waals surface area contributed by atoms with Crippen LogP contribution >= 0.6 is 0 Å². The number of carbonyl (C=O) groups excluding carboxylic acids is 1. The standard InChI is InChI=1S/C19H21F2N3O5S2/c1-2-22-30(26,27)14-7-8-16(20)15(13-14)19(25)23-9-11-24(12-10-23)31(28,29)18-6-4-3-5-17(18)21/h3-8,13,22H,2,9-12H2,1H3. The Kier molecular flexibility index (Phi) is 6.74. The second-order valence-electron chi connectivity index (χ2n) is 6.77. The molecule has 0 aromatic heterocycles. The second kappa shape index (κ2) is 8.99. The Balaban J connectivity index is 1.77. The van der Waals surface area contributed by atoms with Crippen molar-refractivity contribution < 1.29 is 30.4 Å². The van der Waals surface area contributed by atoms with E-state index in [1.807, 2.05) is 0 Å². The van der Waals surface area contributed by atoms with Crippen molar-refractivity contribution in [1.29, 1.82) is 0 Å². The fourth-order valence-corrected chi connectivity index (χ4v) is 5.76.